The lowest BCUT2D eigenvalue weighted by Gasteiger charge is -2.24. The van der Waals surface area contributed by atoms with Gasteiger partial charge in [-0.2, -0.15) is 0 Å². The number of imidazole rings is 1. The molecule has 1 aliphatic rings. The standard InChI is InChI=1S/C16H30N4O/c1-4-5-6-16-17-9-15(18-16)12-20-7-8-21-13-14(11-20)10-19(2)3/h9,14H,4-8,10-13H2,1-3H3,(H,17,18)/t14-/m1/s1. The van der Waals surface area contributed by atoms with E-state index in [0.29, 0.717) is 5.92 Å². The van der Waals surface area contributed by atoms with E-state index in [2.05, 4.69) is 40.8 Å². The quantitative estimate of drug-likeness (QED) is 0.832. The number of ether oxygens (including phenoxy) is 1. The second-order valence-corrected chi connectivity index (χ2v) is 6.40. The smallest absolute Gasteiger partial charge is 0.106 e. The number of nitrogens with zero attached hydrogens (tertiary/aromatic N) is 3. The Morgan fingerprint density at radius 1 is 1.48 bits per heavy atom. The van der Waals surface area contributed by atoms with Crippen molar-refractivity contribution in [1.29, 1.82) is 0 Å². The molecule has 120 valence electrons. The predicted molar refractivity (Wildman–Crippen MR) is 85.3 cm³/mol. The fourth-order valence-electron chi connectivity index (χ4n) is 2.92. The Morgan fingerprint density at radius 3 is 3.10 bits per heavy atom. The lowest BCUT2D eigenvalue weighted by Crippen LogP contribution is -2.34. The maximum Gasteiger partial charge on any atom is 0.106 e. The first kappa shape index (κ1) is 16.5. The van der Waals surface area contributed by atoms with Crippen LogP contribution in [0.3, 0.4) is 0 Å². The van der Waals surface area contributed by atoms with E-state index in [1.165, 1.54) is 18.5 Å². The average molecular weight is 294 g/mol. The van der Waals surface area contributed by atoms with Crippen LogP contribution in [0.1, 0.15) is 31.3 Å². The van der Waals surface area contributed by atoms with Gasteiger partial charge in [0.25, 0.3) is 0 Å². The number of hydrogen-bond donors (Lipinski definition) is 1. The summed E-state index contributed by atoms with van der Waals surface area (Å²) in [5.41, 5.74) is 1.23. The molecule has 1 aromatic rings. The number of unbranched alkanes of at least 4 members (excludes halogenated alkanes) is 1. The summed E-state index contributed by atoms with van der Waals surface area (Å²) >= 11 is 0. The molecule has 2 rings (SSSR count). The van der Waals surface area contributed by atoms with Gasteiger partial charge in [0.1, 0.15) is 5.82 Å². The van der Waals surface area contributed by atoms with E-state index < -0.39 is 0 Å². The van der Waals surface area contributed by atoms with E-state index in [1.807, 2.05) is 6.20 Å². The lowest BCUT2D eigenvalue weighted by atomic mass is 10.1. The van der Waals surface area contributed by atoms with Gasteiger partial charge in [-0.1, -0.05) is 13.3 Å². The van der Waals surface area contributed by atoms with Crippen LogP contribution in [0.25, 0.3) is 0 Å². The number of aromatic amines is 1. The highest BCUT2D eigenvalue weighted by molar-refractivity contribution is 5.01. The number of nitrogens with one attached hydrogen (secondary N) is 1. The largest absolute Gasteiger partial charge is 0.380 e. The van der Waals surface area contributed by atoms with Crippen LogP contribution in [0.2, 0.25) is 0 Å². The van der Waals surface area contributed by atoms with E-state index in [-0.39, 0.29) is 0 Å². The molecule has 21 heavy (non-hydrogen) atoms. The first-order valence-corrected chi connectivity index (χ1v) is 8.15. The van der Waals surface area contributed by atoms with Crippen LogP contribution < -0.4 is 0 Å². The Kier molecular flexibility index (Phi) is 6.67. The SMILES string of the molecule is CCCCc1ncc(CN2CCOC[C@H](CN(C)C)C2)[nH]1. The first-order valence-electron chi connectivity index (χ1n) is 8.15. The maximum atomic E-state index is 5.74. The van der Waals surface area contributed by atoms with Crippen molar-refractivity contribution in [3.05, 3.63) is 17.7 Å². The Labute approximate surface area is 128 Å². The van der Waals surface area contributed by atoms with Gasteiger partial charge in [0.05, 0.1) is 13.2 Å². The molecule has 0 radical (unpaired) electrons. The zero-order valence-electron chi connectivity index (χ0n) is 13.8. The van der Waals surface area contributed by atoms with E-state index in [9.17, 15) is 0 Å². The highest BCUT2D eigenvalue weighted by atomic mass is 16.5. The van der Waals surface area contributed by atoms with Crippen molar-refractivity contribution in [1.82, 2.24) is 19.8 Å². The third kappa shape index (κ3) is 5.77. The van der Waals surface area contributed by atoms with Gasteiger partial charge in [-0.25, -0.2) is 4.98 Å². The molecule has 0 unspecified atom stereocenters. The summed E-state index contributed by atoms with van der Waals surface area (Å²) in [6.07, 6.45) is 5.47. The third-order valence-corrected chi connectivity index (χ3v) is 3.89. The van der Waals surface area contributed by atoms with Crippen molar-refractivity contribution >= 4 is 0 Å². The number of hydrogen-bond acceptors (Lipinski definition) is 4. The van der Waals surface area contributed by atoms with Gasteiger partial charge in [-0.3, -0.25) is 4.90 Å². The lowest BCUT2D eigenvalue weighted by molar-refractivity contribution is 0.112. The molecular weight excluding hydrogens is 264 g/mol. The molecule has 5 heteroatoms. The van der Waals surface area contributed by atoms with Crippen molar-refractivity contribution < 1.29 is 4.74 Å². The Bertz CT molecular complexity index is 405. The van der Waals surface area contributed by atoms with Gasteiger partial charge in [0.2, 0.25) is 0 Å². The van der Waals surface area contributed by atoms with E-state index in [0.717, 1.165) is 51.6 Å². The zero-order chi connectivity index (χ0) is 15.1. The summed E-state index contributed by atoms with van der Waals surface area (Å²) in [6, 6.07) is 0. The monoisotopic (exact) mass is 294 g/mol. The van der Waals surface area contributed by atoms with Crippen LogP contribution in [0.15, 0.2) is 6.20 Å². The fraction of sp³-hybridized carbons (Fsp3) is 0.812. The van der Waals surface area contributed by atoms with Crippen LogP contribution in [0, 0.1) is 5.92 Å². The minimum absolute atomic E-state index is 0.588. The van der Waals surface area contributed by atoms with Crippen LogP contribution in [0.5, 0.6) is 0 Å². The van der Waals surface area contributed by atoms with Gasteiger partial charge >= 0.3 is 0 Å². The molecule has 2 heterocycles. The number of aryl methyl sites for hydroxylation is 1. The maximum absolute atomic E-state index is 5.74. The molecule has 0 spiro atoms. The van der Waals surface area contributed by atoms with Crippen molar-refractivity contribution in [3.8, 4) is 0 Å². The molecule has 1 saturated heterocycles. The topological polar surface area (TPSA) is 44.4 Å². The van der Waals surface area contributed by atoms with E-state index >= 15 is 0 Å². The minimum Gasteiger partial charge on any atom is -0.380 e. The Balaban J connectivity index is 1.86. The van der Waals surface area contributed by atoms with Crippen LogP contribution in [-0.4, -0.2) is 66.7 Å². The normalized spacial score (nSPS) is 20.9. The van der Waals surface area contributed by atoms with Gasteiger partial charge < -0.3 is 14.6 Å². The molecule has 1 N–H and O–H groups in total. The van der Waals surface area contributed by atoms with E-state index in [4.69, 9.17) is 4.74 Å². The average Bonchev–Trinajstić information content (AvgIpc) is 2.76. The second-order valence-electron chi connectivity index (χ2n) is 6.40. The predicted octanol–water partition coefficient (Wildman–Crippen LogP) is 1.76. The van der Waals surface area contributed by atoms with Crippen molar-refractivity contribution in [2.75, 3.05) is 46.9 Å². The number of aromatic nitrogens is 2. The molecule has 1 fully saturated rings. The van der Waals surface area contributed by atoms with Crippen LogP contribution in [-0.2, 0) is 17.7 Å². The molecule has 1 atom stereocenters. The van der Waals surface area contributed by atoms with Gasteiger partial charge in [-0.15, -0.1) is 0 Å². The highest BCUT2D eigenvalue weighted by Crippen LogP contribution is 2.12. The first-order chi connectivity index (χ1) is 10.2. The summed E-state index contributed by atoms with van der Waals surface area (Å²) in [5, 5.41) is 0. The van der Waals surface area contributed by atoms with Crippen LogP contribution >= 0.6 is 0 Å². The van der Waals surface area contributed by atoms with E-state index in [1.54, 1.807) is 0 Å². The Hall–Kier alpha value is -0.910. The molecule has 0 aromatic carbocycles. The van der Waals surface area contributed by atoms with Crippen molar-refractivity contribution in [2.24, 2.45) is 5.92 Å². The number of rotatable bonds is 7. The molecular formula is C16H30N4O. The molecule has 0 amide bonds. The summed E-state index contributed by atoms with van der Waals surface area (Å²) < 4.78 is 5.74. The molecule has 1 aliphatic heterocycles. The second kappa shape index (κ2) is 8.51. The van der Waals surface area contributed by atoms with Crippen LogP contribution in [0.4, 0.5) is 0 Å². The molecule has 0 saturated carbocycles. The minimum atomic E-state index is 0.588. The summed E-state index contributed by atoms with van der Waals surface area (Å²) in [6.45, 7) is 8.06. The summed E-state index contributed by atoms with van der Waals surface area (Å²) in [7, 11) is 4.26. The van der Waals surface area contributed by atoms with Crippen molar-refractivity contribution in [3.63, 3.8) is 0 Å². The molecule has 0 bridgehead atoms. The van der Waals surface area contributed by atoms with Crippen molar-refractivity contribution in [2.45, 2.75) is 32.7 Å². The van der Waals surface area contributed by atoms with Gasteiger partial charge in [0.15, 0.2) is 0 Å². The van der Waals surface area contributed by atoms with Gasteiger partial charge in [-0.05, 0) is 20.5 Å². The third-order valence-electron chi connectivity index (χ3n) is 3.89. The Morgan fingerprint density at radius 2 is 2.33 bits per heavy atom. The molecule has 1 aromatic heterocycles. The number of H-pyrrole nitrogens is 1. The van der Waals surface area contributed by atoms with Gasteiger partial charge in [0, 0.05) is 50.4 Å². The highest BCUT2D eigenvalue weighted by Gasteiger charge is 2.19. The molecule has 0 aliphatic carbocycles. The fourth-order valence-corrected chi connectivity index (χ4v) is 2.92. The molecule has 5 nitrogen and oxygen atoms in total. The summed E-state index contributed by atoms with van der Waals surface area (Å²) in [5.74, 6) is 1.72. The zero-order valence-corrected chi connectivity index (χ0v) is 13.8. The summed E-state index contributed by atoms with van der Waals surface area (Å²) in [4.78, 5) is 12.7.